The Labute approximate surface area is 205 Å². The zero-order chi connectivity index (χ0) is 24.1. The molecule has 0 unspecified atom stereocenters. The minimum Gasteiger partial charge on any atom is -0.272 e. The van der Waals surface area contributed by atoms with Gasteiger partial charge in [0.2, 0.25) is 0 Å². The fourth-order valence-corrected chi connectivity index (χ4v) is 4.01. The molecule has 1 aromatic heterocycles. The average Bonchev–Trinajstić information content (AvgIpc) is 3.26. The monoisotopic (exact) mass is 493 g/mol. The van der Waals surface area contributed by atoms with E-state index in [0.717, 1.165) is 22.4 Å². The van der Waals surface area contributed by atoms with Gasteiger partial charge in [-0.25, -0.2) is 9.82 Å². The minimum absolute atomic E-state index is 0.0881. The fraction of sp³-hybridized carbons (Fsp3) is 0.120. The maximum absolute atomic E-state index is 13.1. The van der Waals surface area contributed by atoms with Gasteiger partial charge in [-0.15, -0.1) is 10.2 Å². The van der Waals surface area contributed by atoms with E-state index in [1.54, 1.807) is 31.2 Å². The summed E-state index contributed by atoms with van der Waals surface area (Å²) in [6, 6.07) is 21.3. The van der Waals surface area contributed by atoms with Crippen LogP contribution in [0.1, 0.15) is 18.1 Å². The number of rotatable bonds is 7. The molecule has 1 amide bonds. The van der Waals surface area contributed by atoms with Crippen LogP contribution in [0.4, 0.5) is 4.39 Å². The number of hydrogen-bond donors (Lipinski definition) is 1. The summed E-state index contributed by atoms with van der Waals surface area (Å²) >= 11 is 7.30. The molecule has 0 fully saturated rings. The van der Waals surface area contributed by atoms with Crippen LogP contribution in [0.15, 0.2) is 83.1 Å². The first-order valence-corrected chi connectivity index (χ1v) is 11.8. The molecule has 6 nitrogen and oxygen atoms in total. The van der Waals surface area contributed by atoms with Crippen molar-refractivity contribution in [3.63, 3.8) is 0 Å². The van der Waals surface area contributed by atoms with Gasteiger partial charge in [0.25, 0.3) is 5.91 Å². The van der Waals surface area contributed by atoms with Gasteiger partial charge >= 0.3 is 0 Å². The van der Waals surface area contributed by atoms with E-state index in [1.165, 1.54) is 23.9 Å². The first-order valence-electron chi connectivity index (χ1n) is 10.4. The maximum atomic E-state index is 13.1. The summed E-state index contributed by atoms with van der Waals surface area (Å²) in [5, 5.41) is 14.0. The third-order valence-corrected chi connectivity index (χ3v) is 6.15. The number of hydrazone groups is 1. The Kier molecular flexibility index (Phi) is 7.40. The lowest BCUT2D eigenvalue weighted by atomic mass is 10.1. The van der Waals surface area contributed by atoms with Gasteiger partial charge in [0.1, 0.15) is 5.82 Å². The first kappa shape index (κ1) is 23.7. The number of carbonyl (C=O) groups is 1. The molecule has 34 heavy (non-hydrogen) atoms. The fourth-order valence-electron chi connectivity index (χ4n) is 3.14. The summed E-state index contributed by atoms with van der Waals surface area (Å²) in [7, 11) is 0. The molecule has 0 aliphatic rings. The van der Waals surface area contributed by atoms with Crippen LogP contribution in [0.5, 0.6) is 0 Å². The summed E-state index contributed by atoms with van der Waals surface area (Å²) < 4.78 is 15.0. The highest BCUT2D eigenvalue weighted by atomic mass is 35.5. The van der Waals surface area contributed by atoms with Crippen LogP contribution in [0, 0.1) is 12.7 Å². The second-order valence-corrected chi connectivity index (χ2v) is 8.89. The Bertz CT molecular complexity index is 1320. The summed E-state index contributed by atoms with van der Waals surface area (Å²) in [5.41, 5.74) is 6.71. The largest absolute Gasteiger partial charge is 0.272 e. The van der Waals surface area contributed by atoms with Crippen LogP contribution in [0.2, 0.25) is 5.02 Å². The number of thioether (sulfide) groups is 1. The van der Waals surface area contributed by atoms with Crippen molar-refractivity contribution in [1.82, 2.24) is 20.2 Å². The van der Waals surface area contributed by atoms with E-state index >= 15 is 0 Å². The molecule has 0 atom stereocenters. The molecular formula is C25H21ClFN5OS. The summed E-state index contributed by atoms with van der Waals surface area (Å²) in [6.07, 6.45) is 0. The van der Waals surface area contributed by atoms with Crippen LogP contribution in [-0.4, -0.2) is 32.1 Å². The molecule has 0 bridgehead atoms. The van der Waals surface area contributed by atoms with Crippen LogP contribution < -0.4 is 5.43 Å². The minimum atomic E-state index is -0.326. The van der Waals surface area contributed by atoms with E-state index in [1.807, 2.05) is 47.9 Å². The van der Waals surface area contributed by atoms with Crippen molar-refractivity contribution < 1.29 is 9.18 Å². The molecule has 0 spiro atoms. The van der Waals surface area contributed by atoms with Gasteiger partial charge < -0.3 is 0 Å². The molecule has 0 saturated carbocycles. The number of nitrogens with one attached hydrogen (secondary N) is 1. The van der Waals surface area contributed by atoms with E-state index < -0.39 is 0 Å². The molecule has 172 valence electrons. The summed E-state index contributed by atoms with van der Waals surface area (Å²) in [5.74, 6) is 0.115. The van der Waals surface area contributed by atoms with Gasteiger partial charge in [0.05, 0.1) is 11.5 Å². The quantitative estimate of drug-likeness (QED) is 0.204. The summed E-state index contributed by atoms with van der Waals surface area (Å²) in [4.78, 5) is 12.4. The Balaban J connectivity index is 1.52. The number of hydrogen-bond acceptors (Lipinski definition) is 5. The standard InChI is InChI=1S/C25H21ClFN5OS/c1-16-3-13-22(14-4-16)32-24(19-5-9-20(26)10-6-19)30-31-25(32)34-15-23(33)29-28-17(2)18-7-11-21(27)12-8-18/h3-14H,15H2,1-2H3,(H,29,33). The van der Waals surface area contributed by atoms with Crippen molar-refractivity contribution >= 4 is 35.0 Å². The number of carbonyl (C=O) groups excluding carboxylic acids is 1. The second kappa shape index (κ2) is 10.6. The van der Waals surface area contributed by atoms with E-state index in [2.05, 4.69) is 20.7 Å². The van der Waals surface area contributed by atoms with Crippen molar-refractivity contribution in [3.05, 3.63) is 94.8 Å². The van der Waals surface area contributed by atoms with Crippen molar-refractivity contribution in [1.29, 1.82) is 0 Å². The first-order chi connectivity index (χ1) is 16.4. The highest BCUT2D eigenvalue weighted by Crippen LogP contribution is 2.28. The molecule has 1 heterocycles. The van der Waals surface area contributed by atoms with Gasteiger partial charge in [0.15, 0.2) is 11.0 Å². The zero-order valence-corrected chi connectivity index (χ0v) is 20.1. The molecule has 4 aromatic rings. The number of benzene rings is 3. The van der Waals surface area contributed by atoms with E-state index in [9.17, 15) is 9.18 Å². The van der Waals surface area contributed by atoms with Crippen LogP contribution >= 0.6 is 23.4 Å². The lowest BCUT2D eigenvalue weighted by Crippen LogP contribution is -2.21. The van der Waals surface area contributed by atoms with E-state index in [0.29, 0.717) is 21.7 Å². The van der Waals surface area contributed by atoms with Gasteiger partial charge in [-0.05, 0) is 67.9 Å². The number of amides is 1. The highest BCUT2D eigenvalue weighted by Gasteiger charge is 2.17. The van der Waals surface area contributed by atoms with Crippen molar-refractivity contribution in [2.75, 3.05) is 5.75 Å². The molecule has 0 radical (unpaired) electrons. The highest BCUT2D eigenvalue weighted by molar-refractivity contribution is 7.99. The van der Waals surface area contributed by atoms with Crippen LogP contribution in [0.3, 0.4) is 0 Å². The number of aryl methyl sites for hydroxylation is 1. The third-order valence-electron chi connectivity index (χ3n) is 4.97. The molecule has 3 aromatic carbocycles. The number of nitrogens with zero attached hydrogens (tertiary/aromatic N) is 4. The van der Waals surface area contributed by atoms with Crippen molar-refractivity contribution in [2.24, 2.45) is 5.10 Å². The van der Waals surface area contributed by atoms with E-state index in [4.69, 9.17) is 11.6 Å². The van der Waals surface area contributed by atoms with Crippen molar-refractivity contribution in [2.45, 2.75) is 19.0 Å². The molecule has 0 saturated heterocycles. The smallest absolute Gasteiger partial charge is 0.250 e. The summed E-state index contributed by atoms with van der Waals surface area (Å²) in [6.45, 7) is 3.76. The lowest BCUT2D eigenvalue weighted by molar-refractivity contribution is -0.118. The Morgan fingerprint density at radius 2 is 1.71 bits per heavy atom. The predicted octanol–water partition coefficient (Wildman–Crippen LogP) is 5.67. The SMILES string of the molecule is CC(=NNC(=O)CSc1nnc(-c2ccc(Cl)cc2)n1-c1ccc(C)cc1)c1ccc(F)cc1. The Morgan fingerprint density at radius 1 is 1.03 bits per heavy atom. The molecule has 0 aliphatic carbocycles. The normalized spacial score (nSPS) is 11.5. The second-order valence-electron chi connectivity index (χ2n) is 7.51. The number of halogens is 2. The molecule has 9 heteroatoms. The molecule has 1 N–H and O–H groups in total. The number of aromatic nitrogens is 3. The molecule has 4 rings (SSSR count). The maximum Gasteiger partial charge on any atom is 0.250 e. The Hall–Kier alpha value is -3.49. The van der Waals surface area contributed by atoms with Gasteiger partial charge in [-0.3, -0.25) is 9.36 Å². The van der Waals surface area contributed by atoms with Gasteiger partial charge in [0, 0.05) is 16.3 Å². The zero-order valence-electron chi connectivity index (χ0n) is 18.5. The van der Waals surface area contributed by atoms with Crippen LogP contribution in [0.25, 0.3) is 17.1 Å². The van der Waals surface area contributed by atoms with Crippen LogP contribution in [-0.2, 0) is 4.79 Å². The lowest BCUT2D eigenvalue weighted by Gasteiger charge is -2.11. The Morgan fingerprint density at radius 3 is 2.38 bits per heavy atom. The van der Waals surface area contributed by atoms with Gasteiger partial charge in [-0.2, -0.15) is 5.10 Å². The van der Waals surface area contributed by atoms with Crippen molar-refractivity contribution in [3.8, 4) is 17.1 Å². The molecular weight excluding hydrogens is 473 g/mol. The van der Waals surface area contributed by atoms with Gasteiger partial charge in [-0.1, -0.05) is 53.2 Å². The predicted molar refractivity (Wildman–Crippen MR) is 134 cm³/mol. The molecule has 0 aliphatic heterocycles. The third kappa shape index (κ3) is 5.70. The van der Waals surface area contributed by atoms with E-state index in [-0.39, 0.29) is 17.5 Å². The topological polar surface area (TPSA) is 72.2 Å². The average molecular weight is 494 g/mol.